The van der Waals surface area contributed by atoms with Crippen molar-refractivity contribution < 1.29 is 5.11 Å². The van der Waals surface area contributed by atoms with Gasteiger partial charge in [-0.3, -0.25) is 0 Å². The third-order valence-electron chi connectivity index (χ3n) is 4.86. The van der Waals surface area contributed by atoms with Gasteiger partial charge in [-0.25, -0.2) is 0 Å². The summed E-state index contributed by atoms with van der Waals surface area (Å²) in [7, 11) is 0. The molecule has 0 aromatic heterocycles. The molecule has 2 unspecified atom stereocenters. The fourth-order valence-electron chi connectivity index (χ4n) is 3.50. The van der Waals surface area contributed by atoms with E-state index in [1.807, 2.05) is 0 Å². The third kappa shape index (κ3) is 2.60. The lowest BCUT2D eigenvalue weighted by atomic mass is 9.57. The second kappa shape index (κ2) is 5.50. The van der Waals surface area contributed by atoms with E-state index in [9.17, 15) is 5.11 Å². The molecule has 0 aromatic rings. The van der Waals surface area contributed by atoms with Crippen LogP contribution in [0.15, 0.2) is 0 Å². The fourth-order valence-corrected chi connectivity index (χ4v) is 3.50. The Labute approximate surface area is 99.8 Å². The van der Waals surface area contributed by atoms with Crippen LogP contribution in [0.2, 0.25) is 0 Å². The first-order chi connectivity index (χ1) is 7.77. The van der Waals surface area contributed by atoms with E-state index >= 15 is 0 Å². The van der Waals surface area contributed by atoms with Gasteiger partial charge in [-0.15, -0.1) is 0 Å². The summed E-state index contributed by atoms with van der Waals surface area (Å²) in [5.74, 6) is 0. The van der Waals surface area contributed by atoms with Crippen LogP contribution in [0.5, 0.6) is 0 Å². The van der Waals surface area contributed by atoms with Crippen LogP contribution in [-0.4, -0.2) is 23.8 Å². The highest BCUT2D eigenvalue weighted by atomic mass is 16.3. The van der Waals surface area contributed by atoms with E-state index < -0.39 is 0 Å². The molecule has 0 aliphatic heterocycles. The Morgan fingerprint density at radius 1 is 1.25 bits per heavy atom. The molecule has 0 aromatic carbocycles. The average Bonchev–Trinajstić information content (AvgIpc) is 2.34. The van der Waals surface area contributed by atoms with Crippen molar-refractivity contribution in [2.45, 2.75) is 76.9 Å². The first-order valence-electron chi connectivity index (χ1n) is 7.18. The number of aliphatic hydroxyl groups excluding tert-OH is 1. The summed E-state index contributed by atoms with van der Waals surface area (Å²) < 4.78 is 0. The monoisotopic (exact) mass is 225 g/mol. The highest BCUT2D eigenvalue weighted by Gasteiger charge is 2.46. The smallest absolute Gasteiger partial charge is 0.0549 e. The SMILES string of the molecule is CCC(O)CCNC1CCC12CCCCC2. The lowest BCUT2D eigenvalue weighted by molar-refractivity contribution is 0.0210. The second-order valence-corrected chi connectivity index (χ2v) is 5.82. The molecule has 1 spiro atoms. The molecule has 2 aliphatic rings. The Balaban J connectivity index is 1.69. The fraction of sp³-hybridized carbons (Fsp3) is 1.00. The molecule has 2 aliphatic carbocycles. The molecule has 0 heterocycles. The first-order valence-corrected chi connectivity index (χ1v) is 7.18. The molecular weight excluding hydrogens is 198 g/mol. The van der Waals surface area contributed by atoms with Crippen LogP contribution < -0.4 is 5.32 Å². The van der Waals surface area contributed by atoms with Crippen LogP contribution in [-0.2, 0) is 0 Å². The van der Waals surface area contributed by atoms with Gasteiger partial charge in [0.2, 0.25) is 0 Å². The predicted molar refractivity (Wildman–Crippen MR) is 67.5 cm³/mol. The Kier molecular flexibility index (Phi) is 4.26. The standard InChI is InChI=1S/C14H27NO/c1-2-12(16)7-11-15-13-6-10-14(13)8-4-3-5-9-14/h12-13,15-16H,2-11H2,1H3. The number of hydrogen-bond acceptors (Lipinski definition) is 2. The van der Waals surface area contributed by atoms with Gasteiger partial charge in [-0.05, 0) is 50.5 Å². The molecule has 0 radical (unpaired) electrons. The summed E-state index contributed by atoms with van der Waals surface area (Å²) in [4.78, 5) is 0. The lowest BCUT2D eigenvalue weighted by Gasteiger charge is -2.52. The maximum atomic E-state index is 9.52. The Bertz CT molecular complexity index is 211. The highest BCUT2D eigenvalue weighted by molar-refractivity contribution is 5.01. The minimum Gasteiger partial charge on any atom is -0.393 e. The first kappa shape index (κ1) is 12.4. The third-order valence-corrected chi connectivity index (χ3v) is 4.86. The van der Waals surface area contributed by atoms with Crippen molar-refractivity contribution in [1.29, 1.82) is 0 Å². The van der Waals surface area contributed by atoms with Crippen LogP contribution in [0.1, 0.15) is 64.7 Å². The molecule has 2 fully saturated rings. The van der Waals surface area contributed by atoms with E-state index in [1.165, 1.54) is 44.9 Å². The normalized spacial score (nSPS) is 30.0. The quantitative estimate of drug-likeness (QED) is 0.754. The van der Waals surface area contributed by atoms with E-state index in [4.69, 9.17) is 0 Å². The van der Waals surface area contributed by atoms with Crippen molar-refractivity contribution in [1.82, 2.24) is 5.32 Å². The molecule has 2 nitrogen and oxygen atoms in total. The molecule has 94 valence electrons. The van der Waals surface area contributed by atoms with E-state index in [2.05, 4.69) is 12.2 Å². The Morgan fingerprint density at radius 2 is 2.00 bits per heavy atom. The maximum absolute atomic E-state index is 9.52. The van der Waals surface area contributed by atoms with E-state index in [0.29, 0.717) is 5.41 Å². The Hall–Kier alpha value is -0.0800. The summed E-state index contributed by atoms with van der Waals surface area (Å²) in [6, 6.07) is 0.761. The van der Waals surface area contributed by atoms with Crippen molar-refractivity contribution >= 4 is 0 Å². The predicted octanol–water partition coefficient (Wildman–Crippen LogP) is 2.85. The van der Waals surface area contributed by atoms with Crippen LogP contribution >= 0.6 is 0 Å². The number of nitrogens with one attached hydrogen (secondary N) is 1. The van der Waals surface area contributed by atoms with Crippen molar-refractivity contribution in [3.8, 4) is 0 Å². The lowest BCUT2D eigenvalue weighted by Crippen LogP contribution is -2.54. The van der Waals surface area contributed by atoms with Gasteiger partial charge in [0.15, 0.2) is 0 Å². The van der Waals surface area contributed by atoms with Crippen LogP contribution in [0.25, 0.3) is 0 Å². The van der Waals surface area contributed by atoms with Crippen molar-refractivity contribution in [3.05, 3.63) is 0 Å². The van der Waals surface area contributed by atoms with Gasteiger partial charge < -0.3 is 10.4 Å². The number of rotatable bonds is 5. The molecule has 2 rings (SSSR count). The zero-order valence-electron chi connectivity index (χ0n) is 10.7. The molecule has 0 bridgehead atoms. The van der Waals surface area contributed by atoms with Gasteiger partial charge in [0.25, 0.3) is 0 Å². The van der Waals surface area contributed by atoms with Crippen LogP contribution in [0.4, 0.5) is 0 Å². The number of aliphatic hydroxyl groups is 1. The minimum absolute atomic E-state index is 0.102. The van der Waals surface area contributed by atoms with Gasteiger partial charge in [0.05, 0.1) is 6.10 Å². The summed E-state index contributed by atoms with van der Waals surface area (Å²) >= 11 is 0. The van der Waals surface area contributed by atoms with E-state index in [1.54, 1.807) is 0 Å². The molecule has 2 saturated carbocycles. The van der Waals surface area contributed by atoms with Crippen LogP contribution in [0, 0.1) is 5.41 Å². The van der Waals surface area contributed by atoms with Gasteiger partial charge >= 0.3 is 0 Å². The van der Waals surface area contributed by atoms with Gasteiger partial charge in [-0.1, -0.05) is 26.2 Å². The van der Waals surface area contributed by atoms with Crippen molar-refractivity contribution in [2.24, 2.45) is 5.41 Å². The minimum atomic E-state index is -0.102. The van der Waals surface area contributed by atoms with Crippen molar-refractivity contribution in [3.63, 3.8) is 0 Å². The molecule has 16 heavy (non-hydrogen) atoms. The van der Waals surface area contributed by atoms with Crippen molar-refractivity contribution in [2.75, 3.05) is 6.54 Å². The summed E-state index contributed by atoms with van der Waals surface area (Å²) in [6.07, 6.45) is 11.7. The topological polar surface area (TPSA) is 32.3 Å². The zero-order valence-corrected chi connectivity index (χ0v) is 10.7. The van der Waals surface area contributed by atoms with Gasteiger partial charge in [0, 0.05) is 6.04 Å². The van der Waals surface area contributed by atoms with E-state index in [0.717, 1.165) is 25.4 Å². The summed E-state index contributed by atoms with van der Waals surface area (Å²) in [5.41, 5.74) is 0.662. The summed E-state index contributed by atoms with van der Waals surface area (Å²) in [6.45, 7) is 3.05. The average molecular weight is 225 g/mol. The number of hydrogen-bond donors (Lipinski definition) is 2. The van der Waals surface area contributed by atoms with Gasteiger partial charge in [0.1, 0.15) is 0 Å². The second-order valence-electron chi connectivity index (χ2n) is 5.82. The summed E-state index contributed by atoms with van der Waals surface area (Å²) in [5, 5.41) is 13.2. The molecule has 2 N–H and O–H groups in total. The highest BCUT2D eigenvalue weighted by Crippen LogP contribution is 2.51. The molecule has 2 atom stereocenters. The van der Waals surface area contributed by atoms with Gasteiger partial charge in [-0.2, -0.15) is 0 Å². The molecule has 0 amide bonds. The largest absolute Gasteiger partial charge is 0.393 e. The zero-order chi connectivity index (χ0) is 11.4. The molecule has 0 saturated heterocycles. The maximum Gasteiger partial charge on any atom is 0.0549 e. The van der Waals surface area contributed by atoms with E-state index in [-0.39, 0.29) is 6.10 Å². The Morgan fingerprint density at radius 3 is 2.56 bits per heavy atom. The molecule has 2 heteroatoms. The molecular formula is C14H27NO. The van der Waals surface area contributed by atoms with Crippen LogP contribution in [0.3, 0.4) is 0 Å².